The van der Waals surface area contributed by atoms with E-state index >= 15 is 0 Å². The Hall–Kier alpha value is -3.64. The van der Waals surface area contributed by atoms with Gasteiger partial charge in [0.05, 0.1) is 23.3 Å². The topological polar surface area (TPSA) is 106 Å². The Morgan fingerprint density at radius 2 is 1.26 bits per heavy atom. The quantitative estimate of drug-likeness (QED) is 0.826. The van der Waals surface area contributed by atoms with Crippen molar-refractivity contribution in [3.8, 4) is 12.1 Å². The number of carbonyl (C=O) groups excluding carboxylic acids is 2. The van der Waals surface area contributed by atoms with E-state index in [9.17, 15) is 9.59 Å². The normalized spacial score (nSPS) is 10.4. The van der Waals surface area contributed by atoms with Crippen LogP contribution in [0.3, 0.4) is 0 Å². The predicted octanol–water partition coefficient (Wildman–Crippen LogP) is 2.62. The SMILES string of the molecule is CC(C)(CNC(=O)c1cccc(C#N)c1)CNC(=O)c1cccc(C#N)c1. The highest BCUT2D eigenvalue weighted by Gasteiger charge is 2.21. The van der Waals surface area contributed by atoms with E-state index in [0.717, 1.165) is 0 Å². The lowest BCUT2D eigenvalue weighted by Crippen LogP contribution is -2.42. The standard InChI is InChI=1S/C21H20N4O2/c1-21(2,13-24-19(26)17-7-3-5-15(9-17)11-22)14-25-20(27)18-8-4-6-16(10-18)12-23/h3-10H,13-14H2,1-2H3,(H,24,26)(H,25,27). The molecular weight excluding hydrogens is 340 g/mol. The zero-order valence-electron chi connectivity index (χ0n) is 15.2. The summed E-state index contributed by atoms with van der Waals surface area (Å²) in [6.07, 6.45) is 0. The molecule has 0 atom stereocenters. The lowest BCUT2D eigenvalue weighted by molar-refractivity contribution is 0.0920. The van der Waals surface area contributed by atoms with Crippen LogP contribution < -0.4 is 10.6 Å². The van der Waals surface area contributed by atoms with E-state index in [1.165, 1.54) is 12.1 Å². The Bertz CT molecular complexity index is 860. The first-order valence-corrected chi connectivity index (χ1v) is 8.41. The highest BCUT2D eigenvalue weighted by atomic mass is 16.2. The van der Waals surface area contributed by atoms with Crippen molar-refractivity contribution >= 4 is 11.8 Å². The summed E-state index contributed by atoms with van der Waals surface area (Å²) in [4.78, 5) is 24.5. The first kappa shape index (κ1) is 19.7. The number of hydrogen-bond acceptors (Lipinski definition) is 4. The summed E-state index contributed by atoms with van der Waals surface area (Å²) in [6, 6.07) is 17.0. The first-order chi connectivity index (χ1) is 12.8. The second-order valence-corrected chi connectivity index (χ2v) is 6.91. The number of amides is 2. The second-order valence-electron chi connectivity index (χ2n) is 6.91. The molecule has 0 saturated carbocycles. The Labute approximate surface area is 158 Å². The minimum atomic E-state index is -0.384. The summed E-state index contributed by atoms with van der Waals surface area (Å²) >= 11 is 0. The van der Waals surface area contributed by atoms with Gasteiger partial charge in [0.2, 0.25) is 0 Å². The summed E-state index contributed by atoms with van der Waals surface area (Å²) in [5.74, 6) is -0.540. The molecule has 0 saturated heterocycles. The minimum absolute atomic E-state index is 0.270. The van der Waals surface area contributed by atoms with Gasteiger partial charge < -0.3 is 10.6 Å². The van der Waals surface area contributed by atoms with E-state index < -0.39 is 0 Å². The molecule has 2 amide bonds. The number of rotatable bonds is 6. The molecule has 0 aromatic heterocycles. The Morgan fingerprint density at radius 3 is 1.63 bits per heavy atom. The first-order valence-electron chi connectivity index (χ1n) is 8.41. The Morgan fingerprint density at radius 1 is 0.852 bits per heavy atom. The van der Waals surface area contributed by atoms with E-state index in [0.29, 0.717) is 35.3 Å². The lowest BCUT2D eigenvalue weighted by Gasteiger charge is -2.25. The maximum absolute atomic E-state index is 12.3. The molecule has 6 heteroatoms. The van der Waals surface area contributed by atoms with Gasteiger partial charge >= 0.3 is 0 Å². The van der Waals surface area contributed by atoms with Crippen molar-refractivity contribution < 1.29 is 9.59 Å². The fraction of sp³-hybridized carbons (Fsp3) is 0.238. The van der Waals surface area contributed by atoms with Gasteiger partial charge in [-0.2, -0.15) is 10.5 Å². The second kappa shape index (κ2) is 8.64. The van der Waals surface area contributed by atoms with Crippen LogP contribution in [-0.2, 0) is 0 Å². The molecule has 27 heavy (non-hydrogen) atoms. The third-order valence-electron chi connectivity index (χ3n) is 3.96. The molecule has 0 fully saturated rings. The summed E-state index contributed by atoms with van der Waals surface area (Å²) in [5.41, 5.74) is 1.30. The van der Waals surface area contributed by atoms with Crippen molar-refractivity contribution in [3.05, 3.63) is 70.8 Å². The average molecular weight is 360 g/mol. The number of carbonyl (C=O) groups is 2. The van der Waals surface area contributed by atoms with Crippen molar-refractivity contribution in [3.63, 3.8) is 0 Å². The molecule has 0 aliphatic heterocycles. The summed E-state index contributed by atoms with van der Waals surface area (Å²) in [7, 11) is 0. The maximum atomic E-state index is 12.3. The molecule has 2 rings (SSSR count). The van der Waals surface area contributed by atoms with Crippen LogP contribution in [0.15, 0.2) is 48.5 Å². The van der Waals surface area contributed by atoms with Crippen LogP contribution in [0.4, 0.5) is 0 Å². The highest BCUT2D eigenvalue weighted by molar-refractivity contribution is 5.95. The summed E-state index contributed by atoms with van der Waals surface area (Å²) in [6.45, 7) is 4.54. The van der Waals surface area contributed by atoms with Crippen LogP contribution >= 0.6 is 0 Å². The molecule has 2 aromatic rings. The van der Waals surface area contributed by atoms with Crippen LogP contribution in [0.2, 0.25) is 0 Å². The Kier molecular flexibility index (Phi) is 6.30. The van der Waals surface area contributed by atoms with Gasteiger partial charge in [-0.25, -0.2) is 0 Å². The number of nitrogens with one attached hydrogen (secondary N) is 2. The maximum Gasteiger partial charge on any atom is 0.251 e. The largest absolute Gasteiger partial charge is 0.351 e. The monoisotopic (exact) mass is 360 g/mol. The van der Waals surface area contributed by atoms with Gasteiger partial charge in [-0.1, -0.05) is 26.0 Å². The molecule has 0 spiro atoms. The zero-order valence-corrected chi connectivity index (χ0v) is 15.2. The van der Waals surface area contributed by atoms with Crippen LogP contribution in [0, 0.1) is 28.1 Å². The number of nitrogens with zero attached hydrogens (tertiary/aromatic N) is 2. The average Bonchev–Trinajstić information content (AvgIpc) is 2.70. The predicted molar refractivity (Wildman–Crippen MR) is 101 cm³/mol. The number of hydrogen-bond donors (Lipinski definition) is 2. The van der Waals surface area contributed by atoms with Crippen molar-refractivity contribution in [1.29, 1.82) is 10.5 Å². The van der Waals surface area contributed by atoms with Gasteiger partial charge in [0.25, 0.3) is 11.8 Å². The Balaban J connectivity index is 1.90. The molecule has 0 unspecified atom stereocenters. The van der Waals surface area contributed by atoms with Crippen LogP contribution in [0.5, 0.6) is 0 Å². The van der Waals surface area contributed by atoms with E-state index in [4.69, 9.17) is 10.5 Å². The number of benzene rings is 2. The van der Waals surface area contributed by atoms with Gasteiger partial charge in [0.1, 0.15) is 0 Å². The van der Waals surface area contributed by atoms with Crippen LogP contribution in [0.1, 0.15) is 45.7 Å². The molecule has 0 aliphatic rings. The van der Waals surface area contributed by atoms with Gasteiger partial charge in [0.15, 0.2) is 0 Å². The number of nitriles is 2. The van der Waals surface area contributed by atoms with E-state index in [2.05, 4.69) is 10.6 Å². The minimum Gasteiger partial charge on any atom is -0.351 e. The van der Waals surface area contributed by atoms with E-state index in [-0.39, 0.29) is 17.2 Å². The van der Waals surface area contributed by atoms with Crippen molar-refractivity contribution in [1.82, 2.24) is 10.6 Å². The molecular formula is C21H20N4O2. The summed E-state index contributed by atoms with van der Waals surface area (Å²) in [5, 5.41) is 23.5. The third-order valence-corrected chi connectivity index (χ3v) is 3.96. The van der Waals surface area contributed by atoms with Gasteiger partial charge in [-0.05, 0) is 41.8 Å². The zero-order chi connectivity index (χ0) is 19.9. The van der Waals surface area contributed by atoms with Crippen molar-refractivity contribution in [2.24, 2.45) is 5.41 Å². The van der Waals surface area contributed by atoms with Crippen LogP contribution in [-0.4, -0.2) is 24.9 Å². The van der Waals surface area contributed by atoms with Crippen molar-refractivity contribution in [2.45, 2.75) is 13.8 Å². The van der Waals surface area contributed by atoms with Crippen molar-refractivity contribution in [2.75, 3.05) is 13.1 Å². The van der Waals surface area contributed by atoms with Gasteiger partial charge in [-0.3, -0.25) is 9.59 Å². The molecule has 0 heterocycles. The fourth-order valence-corrected chi connectivity index (χ4v) is 2.37. The fourth-order valence-electron chi connectivity index (χ4n) is 2.37. The molecule has 2 aromatic carbocycles. The summed E-state index contributed by atoms with van der Waals surface area (Å²) < 4.78 is 0. The molecule has 6 nitrogen and oxygen atoms in total. The molecule has 0 bridgehead atoms. The molecule has 0 aliphatic carbocycles. The van der Waals surface area contributed by atoms with Crippen LogP contribution in [0.25, 0.3) is 0 Å². The lowest BCUT2D eigenvalue weighted by atomic mass is 9.93. The third kappa shape index (κ3) is 5.69. The molecule has 0 radical (unpaired) electrons. The molecule has 2 N–H and O–H groups in total. The van der Waals surface area contributed by atoms with E-state index in [1.54, 1.807) is 36.4 Å². The smallest absolute Gasteiger partial charge is 0.251 e. The molecule has 136 valence electrons. The highest BCUT2D eigenvalue weighted by Crippen LogP contribution is 2.13. The van der Waals surface area contributed by atoms with Gasteiger partial charge in [0, 0.05) is 24.2 Å². The van der Waals surface area contributed by atoms with Gasteiger partial charge in [-0.15, -0.1) is 0 Å². The van der Waals surface area contributed by atoms with E-state index in [1.807, 2.05) is 26.0 Å².